The lowest BCUT2D eigenvalue weighted by molar-refractivity contribution is 0.0949. The molecule has 106 valence electrons. The van der Waals surface area contributed by atoms with Crippen LogP contribution in [-0.4, -0.2) is 26.1 Å². The molecule has 0 saturated heterocycles. The molecule has 0 bridgehead atoms. The van der Waals surface area contributed by atoms with Gasteiger partial charge in [0, 0.05) is 11.6 Å². The molecule has 6 heteroatoms. The summed E-state index contributed by atoms with van der Waals surface area (Å²) in [6.45, 7) is 0.226. The van der Waals surface area contributed by atoms with Gasteiger partial charge in [0.2, 0.25) is 0 Å². The van der Waals surface area contributed by atoms with Crippen molar-refractivity contribution in [2.75, 3.05) is 0 Å². The van der Waals surface area contributed by atoms with E-state index in [1.165, 1.54) is 12.1 Å². The molecular weight excluding hydrogens is 270 g/mol. The number of H-pyrrole nitrogens is 1. The number of benzene rings is 2. The fraction of sp³-hybridized carbons (Fsp3) is 0.0667. The van der Waals surface area contributed by atoms with E-state index < -0.39 is 5.91 Å². The Morgan fingerprint density at radius 1 is 1.14 bits per heavy atom. The molecule has 0 atom stereocenters. The van der Waals surface area contributed by atoms with Gasteiger partial charge in [-0.25, -0.2) is 4.98 Å². The molecule has 1 aromatic heterocycles. The third-order valence-corrected chi connectivity index (χ3v) is 3.02. The van der Waals surface area contributed by atoms with Gasteiger partial charge in [0.15, 0.2) is 0 Å². The minimum atomic E-state index is -0.401. The normalized spacial score (nSPS) is 10.7. The van der Waals surface area contributed by atoms with Crippen LogP contribution in [0.5, 0.6) is 11.5 Å². The molecule has 0 aliphatic carbocycles. The molecule has 0 unspecified atom stereocenters. The fourth-order valence-electron chi connectivity index (χ4n) is 2.08. The summed E-state index contributed by atoms with van der Waals surface area (Å²) in [6, 6.07) is 11.3. The molecule has 0 aliphatic heterocycles. The predicted octanol–water partition coefficient (Wildman–Crippen LogP) is 1.90. The standard InChI is InChI=1S/C15H13N3O3/c19-10-5-9(6-11(20)7-10)15(21)16-8-14-17-12-3-1-2-4-13(12)18-14/h1-7,19-20H,8H2,(H,16,21)(H,17,18). The number of carbonyl (C=O) groups excluding carboxylic acids is 1. The van der Waals surface area contributed by atoms with Crippen molar-refractivity contribution >= 4 is 16.9 Å². The molecule has 0 saturated carbocycles. The van der Waals surface area contributed by atoms with Crippen LogP contribution >= 0.6 is 0 Å². The van der Waals surface area contributed by atoms with Gasteiger partial charge in [-0.15, -0.1) is 0 Å². The Morgan fingerprint density at radius 3 is 2.57 bits per heavy atom. The second-order valence-corrected chi connectivity index (χ2v) is 4.62. The van der Waals surface area contributed by atoms with Crippen LogP contribution < -0.4 is 5.32 Å². The van der Waals surface area contributed by atoms with Crippen LogP contribution in [0.15, 0.2) is 42.5 Å². The van der Waals surface area contributed by atoms with Gasteiger partial charge in [0.1, 0.15) is 17.3 Å². The van der Waals surface area contributed by atoms with Gasteiger partial charge in [-0.1, -0.05) is 12.1 Å². The van der Waals surface area contributed by atoms with Gasteiger partial charge in [-0.05, 0) is 24.3 Å². The molecule has 4 N–H and O–H groups in total. The molecule has 3 aromatic rings. The average Bonchev–Trinajstić information content (AvgIpc) is 2.86. The van der Waals surface area contributed by atoms with E-state index in [0.29, 0.717) is 5.82 Å². The van der Waals surface area contributed by atoms with E-state index in [0.717, 1.165) is 17.1 Å². The number of phenols is 2. The highest BCUT2D eigenvalue weighted by atomic mass is 16.3. The van der Waals surface area contributed by atoms with Crippen molar-refractivity contribution in [3.8, 4) is 11.5 Å². The molecule has 3 rings (SSSR count). The van der Waals surface area contributed by atoms with Crippen molar-refractivity contribution in [1.29, 1.82) is 0 Å². The molecule has 2 aromatic carbocycles. The number of fused-ring (bicyclic) bond motifs is 1. The summed E-state index contributed by atoms with van der Waals surface area (Å²) in [4.78, 5) is 19.4. The molecule has 6 nitrogen and oxygen atoms in total. The number of aromatic amines is 1. The number of imidazole rings is 1. The largest absolute Gasteiger partial charge is 0.508 e. The first kappa shape index (κ1) is 13.0. The molecule has 0 fully saturated rings. The van der Waals surface area contributed by atoms with Gasteiger partial charge in [-0.2, -0.15) is 0 Å². The molecule has 1 amide bonds. The highest BCUT2D eigenvalue weighted by Crippen LogP contribution is 2.20. The number of carbonyl (C=O) groups is 1. The maximum absolute atomic E-state index is 12.0. The summed E-state index contributed by atoms with van der Waals surface area (Å²) in [5, 5.41) is 21.4. The number of aromatic hydroxyl groups is 2. The van der Waals surface area contributed by atoms with Crippen molar-refractivity contribution in [3.63, 3.8) is 0 Å². The molecule has 0 radical (unpaired) electrons. The Kier molecular flexibility index (Phi) is 3.19. The highest BCUT2D eigenvalue weighted by Gasteiger charge is 2.09. The highest BCUT2D eigenvalue weighted by molar-refractivity contribution is 5.95. The number of aromatic nitrogens is 2. The van der Waals surface area contributed by atoms with Crippen molar-refractivity contribution in [3.05, 3.63) is 53.9 Å². The zero-order chi connectivity index (χ0) is 14.8. The zero-order valence-electron chi connectivity index (χ0n) is 11.0. The Labute approximate surface area is 120 Å². The first-order chi connectivity index (χ1) is 10.1. The number of hydrogen-bond acceptors (Lipinski definition) is 4. The topological polar surface area (TPSA) is 98.2 Å². The Balaban J connectivity index is 1.73. The van der Waals surface area contributed by atoms with E-state index >= 15 is 0 Å². The lowest BCUT2D eigenvalue weighted by Gasteiger charge is -2.04. The minimum absolute atomic E-state index is 0.163. The quantitative estimate of drug-likeness (QED) is 0.590. The Morgan fingerprint density at radius 2 is 1.86 bits per heavy atom. The first-order valence-corrected chi connectivity index (χ1v) is 6.37. The van der Waals surface area contributed by atoms with E-state index in [-0.39, 0.29) is 23.6 Å². The number of nitrogens with one attached hydrogen (secondary N) is 2. The van der Waals surface area contributed by atoms with Crippen LogP contribution in [0, 0.1) is 0 Å². The summed E-state index contributed by atoms with van der Waals surface area (Å²) in [5.74, 6) is -0.0941. The van der Waals surface area contributed by atoms with Crippen LogP contribution in [0.3, 0.4) is 0 Å². The van der Waals surface area contributed by atoms with Crippen molar-refractivity contribution in [2.45, 2.75) is 6.54 Å². The fourth-order valence-corrected chi connectivity index (χ4v) is 2.08. The van der Waals surface area contributed by atoms with Crippen LogP contribution in [0.1, 0.15) is 16.2 Å². The van der Waals surface area contributed by atoms with Crippen LogP contribution in [-0.2, 0) is 6.54 Å². The Hall–Kier alpha value is -3.02. The summed E-state index contributed by atoms with van der Waals surface area (Å²) < 4.78 is 0. The van der Waals surface area contributed by atoms with Gasteiger partial charge in [0.25, 0.3) is 5.91 Å². The van der Waals surface area contributed by atoms with Gasteiger partial charge < -0.3 is 20.5 Å². The van der Waals surface area contributed by atoms with E-state index in [1.807, 2.05) is 24.3 Å². The van der Waals surface area contributed by atoms with Crippen molar-refractivity contribution < 1.29 is 15.0 Å². The lowest BCUT2D eigenvalue weighted by atomic mass is 10.2. The van der Waals surface area contributed by atoms with Crippen LogP contribution in [0.4, 0.5) is 0 Å². The summed E-state index contributed by atoms with van der Waals surface area (Å²) in [7, 11) is 0. The molecule has 21 heavy (non-hydrogen) atoms. The molecule has 0 aliphatic rings. The number of phenolic OH excluding ortho intramolecular Hbond substituents is 2. The summed E-state index contributed by atoms with van der Waals surface area (Å²) >= 11 is 0. The average molecular weight is 283 g/mol. The minimum Gasteiger partial charge on any atom is -0.508 e. The van der Waals surface area contributed by atoms with Gasteiger partial charge in [-0.3, -0.25) is 4.79 Å². The number of hydrogen-bond donors (Lipinski definition) is 4. The first-order valence-electron chi connectivity index (χ1n) is 6.37. The zero-order valence-corrected chi connectivity index (χ0v) is 11.0. The van der Waals surface area contributed by atoms with Crippen molar-refractivity contribution in [2.24, 2.45) is 0 Å². The van der Waals surface area contributed by atoms with Crippen LogP contribution in [0.2, 0.25) is 0 Å². The van der Waals surface area contributed by atoms with E-state index in [2.05, 4.69) is 15.3 Å². The molecular formula is C15H13N3O3. The van der Waals surface area contributed by atoms with Gasteiger partial charge >= 0.3 is 0 Å². The van der Waals surface area contributed by atoms with Crippen LogP contribution in [0.25, 0.3) is 11.0 Å². The lowest BCUT2D eigenvalue weighted by Crippen LogP contribution is -2.23. The Bertz CT molecular complexity index is 758. The van der Waals surface area contributed by atoms with E-state index in [4.69, 9.17) is 0 Å². The SMILES string of the molecule is O=C(NCc1nc2ccccc2[nH]1)c1cc(O)cc(O)c1. The monoisotopic (exact) mass is 283 g/mol. The van der Waals surface area contributed by atoms with E-state index in [1.54, 1.807) is 0 Å². The molecule has 1 heterocycles. The predicted molar refractivity (Wildman–Crippen MR) is 77.0 cm³/mol. The second kappa shape index (κ2) is 5.16. The maximum Gasteiger partial charge on any atom is 0.251 e. The third kappa shape index (κ3) is 2.79. The third-order valence-electron chi connectivity index (χ3n) is 3.02. The van der Waals surface area contributed by atoms with Gasteiger partial charge in [0.05, 0.1) is 17.6 Å². The smallest absolute Gasteiger partial charge is 0.251 e. The summed E-state index contributed by atoms with van der Waals surface area (Å²) in [6.07, 6.45) is 0. The van der Waals surface area contributed by atoms with E-state index in [9.17, 15) is 15.0 Å². The number of nitrogens with zero attached hydrogens (tertiary/aromatic N) is 1. The number of amides is 1. The maximum atomic E-state index is 12.0. The number of rotatable bonds is 3. The van der Waals surface area contributed by atoms with Crippen molar-refractivity contribution in [1.82, 2.24) is 15.3 Å². The molecule has 0 spiro atoms. The second-order valence-electron chi connectivity index (χ2n) is 4.62. The summed E-state index contributed by atoms with van der Waals surface area (Å²) in [5.41, 5.74) is 1.91. The number of para-hydroxylation sites is 2.